The molecule has 1 fully saturated rings. The Hall–Kier alpha value is -0.0800. The van der Waals surface area contributed by atoms with Gasteiger partial charge >= 0.3 is 0 Å². The third kappa shape index (κ3) is 2.76. The standard InChI is InChI=1S/C10H22N2/c1-7(2)4-10-8(3)5-9(11)6-12-10/h7-10,12H,4-6,11H2,1-3H3. The molecule has 3 atom stereocenters. The van der Waals surface area contributed by atoms with Crippen molar-refractivity contribution in [3.63, 3.8) is 0 Å². The normalized spacial score (nSPS) is 37.2. The highest BCUT2D eigenvalue weighted by Gasteiger charge is 2.25. The number of piperidine rings is 1. The van der Waals surface area contributed by atoms with Crippen LogP contribution in [-0.2, 0) is 0 Å². The largest absolute Gasteiger partial charge is 0.327 e. The van der Waals surface area contributed by atoms with E-state index in [1.807, 2.05) is 0 Å². The zero-order chi connectivity index (χ0) is 9.14. The van der Waals surface area contributed by atoms with E-state index in [2.05, 4.69) is 26.1 Å². The van der Waals surface area contributed by atoms with E-state index in [-0.39, 0.29) is 0 Å². The Morgan fingerprint density at radius 2 is 2.17 bits per heavy atom. The van der Waals surface area contributed by atoms with Crippen molar-refractivity contribution in [1.82, 2.24) is 5.32 Å². The van der Waals surface area contributed by atoms with Gasteiger partial charge in [0.15, 0.2) is 0 Å². The van der Waals surface area contributed by atoms with E-state index in [1.165, 1.54) is 12.8 Å². The molecule has 1 aliphatic rings. The highest BCUT2D eigenvalue weighted by atomic mass is 15.0. The van der Waals surface area contributed by atoms with Crippen LogP contribution in [0, 0.1) is 11.8 Å². The Kier molecular flexibility index (Phi) is 3.53. The van der Waals surface area contributed by atoms with Gasteiger partial charge in [-0.25, -0.2) is 0 Å². The molecule has 1 heterocycles. The number of rotatable bonds is 2. The second kappa shape index (κ2) is 4.24. The third-order valence-corrected chi connectivity index (χ3v) is 2.73. The van der Waals surface area contributed by atoms with Crippen LogP contribution >= 0.6 is 0 Å². The predicted octanol–water partition coefficient (Wildman–Crippen LogP) is 1.36. The minimum atomic E-state index is 0.378. The van der Waals surface area contributed by atoms with E-state index in [0.717, 1.165) is 18.4 Å². The van der Waals surface area contributed by atoms with Crippen molar-refractivity contribution < 1.29 is 0 Å². The molecule has 3 unspecified atom stereocenters. The summed E-state index contributed by atoms with van der Waals surface area (Å²) < 4.78 is 0. The van der Waals surface area contributed by atoms with Crippen LogP contribution in [0.25, 0.3) is 0 Å². The molecule has 0 aromatic heterocycles. The summed E-state index contributed by atoms with van der Waals surface area (Å²) in [4.78, 5) is 0. The summed E-state index contributed by atoms with van der Waals surface area (Å²) in [6.45, 7) is 7.87. The average molecular weight is 170 g/mol. The smallest absolute Gasteiger partial charge is 0.0168 e. The molecule has 0 amide bonds. The summed E-state index contributed by atoms with van der Waals surface area (Å²) in [5.74, 6) is 1.54. The van der Waals surface area contributed by atoms with E-state index in [0.29, 0.717) is 12.1 Å². The van der Waals surface area contributed by atoms with Crippen molar-refractivity contribution in [2.45, 2.75) is 45.7 Å². The number of hydrogen-bond acceptors (Lipinski definition) is 2. The fourth-order valence-corrected chi connectivity index (χ4v) is 2.05. The monoisotopic (exact) mass is 170 g/mol. The first-order valence-electron chi connectivity index (χ1n) is 5.08. The van der Waals surface area contributed by atoms with Crippen LogP contribution in [0.4, 0.5) is 0 Å². The quantitative estimate of drug-likeness (QED) is 0.656. The van der Waals surface area contributed by atoms with Gasteiger partial charge in [0.05, 0.1) is 0 Å². The van der Waals surface area contributed by atoms with Gasteiger partial charge in [-0.2, -0.15) is 0 Å². The first kappa shape index (κ1) is 10.0. The van der Waals surface area contributed by atoms with Gasteiger partial charge in [-0.3, -0.25) is 0 Å². The van der Waals surface area contributed by atoms with E-state index >= 15 is 0 Å². The second-order valence-corrected chi connectivity index (χ2v) is 4.62. The lowest BCUT2D eigenvalue weighted by Gasteiger charge is -2.34. The minimum absolute atomic E-state index is 0.378. The zero-order valence-electron chi connectivity index (χ0n) is 8.51. The maximum Gasteiger partial charge on any atom is 0.0168 e. The molecule has 1 aliphatic heterocycles. The first-order valence-corrected chi connectivity index (χ1v) is 5.08. The Morgan fingerprint density at radius 1 is 1.50 bits per heavy atom. The van der Waals surface area contributed by atoms with Gasteiger partial charge in [0, 0.05) is 18.6 Å². The summed E-state index contributed by atoms with van der Waals surface area (Å²) in [6, 6.07) is 1.08. The molecule has 0 spiro atoms. The van der Waals surface area contributed by atoms with E-state index in [9.17, 15) is 0 Å². The van der Waals surface area contributed by atoms with Gasteiger partial charge in [0.1, 0.15) is 0 Å². The van der Waals surface area contributed by atoms with Gasteiger partial charge in [-0.1, -0.05) is 20.8 Å². The van der Waals surface area contributed by atoms with Crippen molar-refractivity contribution in [2.24, 2.45) is 17.6 Å². The van der Waals surface area contributed by atoms with Gasteiger partial charge in [-0.15, -0.1) is 0 Å². The average Bonchev–Trinajstić information content (AvgIpc) is 1.94. The van der Waals surface area contributed by atoms with Crippen LogP contribution in [0.2, 0.25) is 0 Å². The maximum atomic E-state index is 5.86. The van der Waals surface area contributed by atoms with E-state index < -0.39 is 0 Å². The van der Waals surface area contributed by atoms with Gasteiger partial charge in [-0.05, 0) is 24.7 Å². The molecule has 72 valence electrons. The molecule has 0 aromatic rings. The van der Waals surface area contributed by atoms with Crippen LogP contribution < -0.4 is 11.1 Å². The van der Waals surface area contributed by atoms with Crippen LogP contribution in [0.5, 0.6) is 0 Å². The highest BCUT2D eigenvalue weighted by Crippen LogP contribution is 2.20. The number of nitrogens with one attached hydrogen (secondary N) is 1. The summed E-state index contributed by atoms with van der Waals surface area (Å²) >= 11 is 0. The van der Waals surface area contributed by atoms with Crippen molar-refractivity contribution in [1.29, 1.82) is 0 Å². The summed E-state index contributed by atoms with van der Waals surface area (Å²) in [7, 11) is 0. The highest BCUT2D eigenvalue weighted by molar-refractivity contribution is 4.85. The SMILES string of the molecule is CC(C)CC1NCC(N)CC1C. The van der Waals surface area contributed by atoms with Crippen molar-refractivity contribution in [3.05, 3.63) is 0 Å². The van der Waals surface area contributed by atoms with Crippen LogP contribution in [0.1, 0.15) is 33.6 Å². The first-order chi connectivity index (χ1) is 5.59. The maximum absolute atomic E-state index is 5.86. The van der Waals surface area contributed by atoms with Gasteiger partial charge < -0.3 is 11.1 Å². The molecule has 0 aromatic carbocycles. The Bertz CT molecular complexity index is 134. The van der Waals surface area contributed by atoms with E-state index in [4.69, 9.17) is 5.73 Å². The molecule has 2 heteroatoms. The third-order valence-electron chi connectivity index (χ3n) is 2.73. The Labute approximate surface area is 75.9 Å². The van der Waals surface area contributed by atoms with Gasteiger partial charge in [0.2, 0.25) is 0 Å². The molecule has 0 aliphatic carbocycles. The van der Waals surface area contributed by atoms with E-state index in [1.54, 1.807) is 0 Å². The fourth-order valence-electron chi connectivity index (χ4n) is 2.05. The second-order valence-electron chi connectivity index (χ2n) is 4.62. The van der Waals surface area contributed by atoms with Crippen LogP contribution in [0.3, 0.4) is 0 Å². The fraction of sp³-hybridized carbons (Fsp3) is 1.00. The molecule has 2 nitrogen and oxygen atoms in total. The molecular formula is C10H22N2. The predicted molar refractivity (Wildman–Crippen MR) is 53.0 cm³/mol. The lowest BCUT2D eigenvalue weighted by molar-refractivity contribution is 0.244. The Balaban J connectivity index is 2.34. The van der Waals surface area contributed by atoms with Crippen LogP contribution in [0.15, 0.2) is 0 Å². The lowest BCUT2D eigenvalue weighted by Crippen LogP contribution is -2.50. The molecule has 12 heavy (non-hydrogen) atoms. The molecule has 0 radical (unpaired) electrons. The molecule has 3 N–H and O–H groups in total. The molecule has 1 rings (SSSR count). The zero-order valence-corrected chi connectivity index (χ0v) is 8.51. The lowest BCUT2D eigenvalue weighted by atomic mass is 9.85. The summed E-state index contributed by atoms with van der Waals surface area (Å²) in [5, 5.41) is 3.52. The van der Waals surface area contributed by atoms with Crippen molar-refractivity contribution in [2.75, 3.05) is 6.54 Å². The molecule has 0 saturated carbocycles. The minimum Gasteiger partial charge on any atom is -0.327 e. The number of nitrogens with two attached hydrogens (primary N) is 1. The van der Waals surface area contributed by atoms with Crippen molar-refractivity contribution >= 4 is 0 Å². The summed E-state index contributed by atoms with van der Waals surface area (Å²) in [6.07, 6.45) is 2.47. The van der Waals surface area contributed by atoms with Crippen molar-refractivity contribution in [3.8, 4) is 0 Å². The molecule has 1 saturated heterocycles. The number of hydrogen-bond donors (Lipinski definition) is 2. The Morgan fingerprint density at radius 3 is 2.67 bits per heavy atom. The van der Waals surface area contributed by atoms with Gasteiger partial charge in [0.25, 0.3) is 0 Å². The molecule has 0 bridgehead atoms. The topological polar surface area (TPSA) is 38.0 Å². The summed E-state index contributed by atoms with van der Waals surface area (Å²) in [5.41, 5.74) is 5.86. The molecular weight excluding hydrogens is 148 g/mol. The van der Waals surface area contributed by atoms with Crippen LogP contribution in [-0.4, -0.2) is 18.6 Å².